The summed E-state index contributed by atoms with van der Waals surface area (Å²) < 4.78 is 4.94. The SMILES string of the molecule is c1ccc(B2c3cc4c(cc3-c3cc5c6ccccc6n(-c6cccc(-c7ccccc7)c6)c5cc3N2c2ccccc2)c2ccccc2n4-c2cccc(-c3ccccc3)c2)cc1. The van der Waals surface area contributed by atoms with Crippen molar-refractivity contribution in [1.82, 2.24) is 9.13 Å². The summed E-state index contributed by atoms with van der Waals surface area (Å²) in [5.74, 6) is 0. The third-order valence-electron chi connectivity index (χ3n) is 13.3. The molecule has 0 saturated heterocycles. The van der Waals surface area contributed by atoms with E-state index in [1.807, 2.05) is 0 Å². The molecule has 298 valence electrons. The summed E-state index contributed by atoms with van der Waals surface area (Å²) in [6.07, 6.45) is 0. The molecule has 1 aliphatic rings. The maximum atomic E-state index is 2.59. The van der Waals surface area contributed by atoms with E-state index >= 15 is 0 Å². The molecular formula is C60H40BN3. The van der Waals surface area contributed by atoms with Crippen LogP contribution in [-0.4, -0.2) is 16.0 Å². The van der Waals surface area contributed by atoms with Crippen LogP contribution in [0.25, 0.3) is 88.4 Å². The van der Waals surface area contributed by atoms with Gasteiger partial charge in [-0.3, -0.25) is 0 Å². The Labute approximate surface area is 372 Å². The molecule has 4 heteroatoms. The van der Waals surface area contributed by atoms with Crippen molar-refractivity contribution in [2.45, 2.75) is 0 Å². The van der Waals surface area contributed by atoms with Crippen molar-refractivity contribution in [3.05, 3.63) is 243 Å². The van der Waals surface area contributed by atoms with Crippen LogP contribution in [0.5, 0.6) is 0 Å². The van der Waals surface area contributed by atoms with Crippen LogP contribution in [0.1, 0.15) is 0 Å². The Morgan fingerprint density at radius 3 is 1.28 bits per heavy atom. The summed E-state index contributed by atoms with van der Waals surface area (Å²) >= 11 is 0. The van der Waals surface area contributed by atoms with Gasteiger partial charge in [0.25, 0.3) is 0 Å². The molecule has 0 aliphatic carbocycles. The van der Waals surface area contributed by atoms with E-state index in [1.165, 1.54) is 93.6 Å². The van der Waals surface area contributed by atoms with Gasteiger partial charge >= 0.3 is 6.85 Å². The van der Waals surface area contributed by atoms with Crippen molar-refractivity contribution in [1.29, 1.82) is 0 Å². The molecule has 64 heavy (non-hydrogen) atoms. The van der Waals surface area contributed by atoms with Gasteiger partial charge in [-0.1, -0.05) is 175 Å². The quantitative estimate of drug-likeness (QED) is 0.152. The lowest BCUT2D eigenvalue weighted by molar-refractivity contribution is 1.18. The number of hydrogen-bond donors (Lipinski definition) is 0. The van der Waals surface area contributed by atoms with Gasteiger partial charge in [0.2, 0.25) is 0 Å². The lowest BCUT2D eigenvalue weighted by atomic mass is 9.45. The maximum Gasteiger partial charge on any atom is 0.328 e. The predicted molar refractivity (Wildman–Crippen MR) is 271 cm³/mol. The lowest BCUT2D eigenvalue weighted by Gasteiger charge is -2.39. The molecule has 0 amide bonds. The third kappa shape index (κ3) is 5.70. The summed E-state index contributed by atoms with van der Waals surface area (Å²) in [7, 11) is 0. The second-order valence-electron chi connectivity index (χ2n) is 16.9. The minimum absolute atomic E-state index is 0.116. The minimum atomic E-state index is -0.116. The summed E-state index contributed by atoms with van der Waals surface area (Å²) in [6.45, 7) is -0.116. The Bertz CT molecular complexity index is 3470. The van der Waals surface area contributed by atoms with E-state index in [4.69, 9.17) is 0 Å². The highest BCUT2D eigenvalue weighted by atomic mass is 15.1. The number of fused-ring (bicyclic) bond motifs is 9. The van der Waals surface area contributed by atoms with Gasteiger partial charge in [0.1, 0.15) is 0 Å². The molecule has 0 atom stereocenters. The van der Waals surface area contributed by atoms with Crippen molar-refractivity contribution in [3.8, 4) is 44.8 Å². The molecule has 0 N–H and O–H groups in total. The summed E-state index contributed by atoms with van der Waals surface area (Å²) in [5, 5.41) is 4.95. The Morgan fingerprint density at radius 1 is 0.281 bits per heavy atom. The highest BCUT2D eigenvalue weighted by molar-refractivity contribution is 6.91. The van der Waals surface area contributed by atoms with Crippen LogP contribution in [0.4, 0.5) is 11.4 Å². The van der Waals surface area contributed by atoms with Crippen molar-refractivity contribution >= 4 is 72.8 Å². The normalized spacial score (nSPS) is 12.3. The molecule has 0 fully saturated rings. The molecule has 0 saturated carbocycles. The van der Waals surface area contributed by atoms with Crippen LogP contribution in [0.2, 0.25) is 0 Å². The first-order chi connectivity index (χ1) is 31.8. The summed E-state index contributed by atoms with van der Waals surface area (Å²) in [5.41, 5.74) is 19.2. The summed E-state index contributed by atoms with van der Waals surface area (Å²) in [6, 6.07) is 89.1. The van der Waals surface area contributed by atoms with E-state index in [0.717, 1.165) is 17.1 Å². The molecule has 0 radical (unpaired) electrons. The largest absolute Gasteiger partial charge is 0.376 e. The molecule has 13 rings (SSSR count). The van der Waals surface area contributed by atoms with Crippen LogP contribution in [0, 0.1) is 0 Å². The zero-order chi connectivity index (χ0) is 42.1. The number of rotatable bonds is 6. The molecule has 1 aliphatic heterocycles. The highest BCUT2D eigenvalue weighted by Crippen LogP contribution is 2.47. The number of aromatic nitrogens is 2. The first-order valence-electron chi connectivity index (χ1n) is 22.1. The second-order valence-corrected chi connectivity index (χ2v) is 16.9. The maximum absolute atomic E-state index is 2.59. The molecule has 2 aromatic heterocycles. The molecular weight excluding hydrogens is 773 g/mol. The molecule has 0 spiro atoms. The van der Waals surface area contributed by atoms with Crippen LogP contribution in [-0.2, 0) is 0 Å². The molecule has 3 heterocycles. The number of nitrogens with zero attached hydrogens (tertiary/aromatic N) is 3. The average molecular weight is 814 g/mol. The van der Waals surface area contributed by atoms with E-state index < -0.39 is 0 Å². The van der Waals surface area contributed by atoms with Gasteiger partial charge in [-0.25, -0.2) is 0 Å². The number of anilines is 2. The summed E-state index contributed by atoms with van der Waals surface area (Å²) in [4.78, 5) is 2.59. The van der Waals surface area contributed by atoms with Crippen molar-refractivity contribution < 1.29 is 0 Å². The second kappa shape index (κ2) is 14.6. The fraction of sp³-hybridized carbons (Fsp3) is 0. The minimum Gasteiger partial charge on any atom is -0.376 e. The lowest BCUT2D eigenvalue weighted by Crippen LogP contribution is -2.57. The fourth-order valence-corrected chi connectivity index (χ4v) is 10.5. The van der Waals surface area contributed by atoms with Gasteiger partial charge < -0.3 is 13.9 Å². The number of para-hydroxylation sites is 3. The predicted octanol–water partition coefficient (Wildman–Crippen LogP) is 14.1. The molecule has 0 bridgehead atoms. The fourth-order valence-electron chi connectivity index (χ4n) is 10.5. The molecule has 0 unspecified atom stereocenters. The van der Waals surface area contributed by atoms with E-state index in [9.17, 15) is 0 Å². The van der Waals surface area contributed by atoms with Gasteiger partial charge in [-0.2, -0.15) is 0 Å². The van der Waals surface area contributed by atoms with Crippen LogP contribution >= 0.6 is 0 Å². The topological polar surface area (TPSA) is 13.1 Å². The zero-order valence-electron chi connectivity index (χ0n) is 35.0. The van der Waals surface area contributed by atoms with Gasteiger partial charge in [0, 0.05) is 49.9 Å². The third-order valence-corrected chi connectivity index (χ3v) is 13.3. The first-order valence-corrected chi connectivity index (χ1v) is 22.1. The Morgan fingerprint density at radius 2 is 0.719 bits per heavy atom. The number of hydrogen-bond acceptors (Lipinski definition) is 1. The van der Waals surface area contributed by atoms with Crippen molar-refractivity contribution in [3.63, 3.8) is 0 Å². The van der Waals surface area contributed by atoms with Gasteiger partial charge in [-0.15, -0.1) is 0 Å². The number of benzene rings is 10. The monoisotopic (exact) mass is 813 g/mol. The van der Waals surface area contributed by atoms with E-state index in [-0.39, 0.29) is 6.85 Å². The molecule has 3 nitrogen and oxygen atoms in total. The zero-order valence-corrected chi connectivity index (χ0v) is 35.0. The molecule has 12 aromatic rings. The average Bonchev–Trinajstić information content (AvgIpc) is 3.87. The van der Waals surface area contributed by atoms with Crippen LogP contribution in [0.3, 0.4) is 0 Å². The van der Waals surface area contributed by atoms with E-state index in [2.05, 4.69) is 257 Å². The van der Waals surface area contributed by atoms with Crippen molar-refractivity contribution in [2.24, 2.45) is 0 Å². The van der Waals surface area contributed by atoms with Gasteiger partial charge in [0.05, 0.1) is 22.1 Å². The standard InChI is InChI=1S/C60H40BN3/c1-5-19-41(20-6-1)43-23-17-29-47(35-43)62-56-33-15-13-31-49(56)52-37-51-54-38-53-50-32-14-16-34-57(50)63(48-30-18-24-44(36-48)42-21-7-2-8-22-42)59(53)40-60(54)64(46-27-11-4-12-28-46)61(55(51)39-58(52)62)45-25-9-3-10-26-45/h1-40H. The van der Waals surface area contributed by atoms with Crippen LogP contribution < -0.4 is 15.7 Å². The van der Waals surface area contributed by atoms with E-state index in [0.29, 0.717) is 0 Å². The Hall–Kier alpha value is -8.34. The van der Waals surface area contributed by atoms with Crippen molar-refractivity contribution in [2.75, 3.05) is 4.81 Å². The van der Waals surface area contributed by atoms with Crippen LogP contribution in [0.15, 0.2) is 243 Å². The van der Waals surface area contributed by atoms with Gasteiger partial charge in [-0.05, 0) is 106 Å². The molecule has 10 aromatic carbocycles. The first kappa shape index (κ1) is 36.3. The van der Waals surface area contributed by atoms with Gasteiger partial charge in [0.15, 0.2) is 0 Å². The van der Waals surface area contributed by atoms with E-state index in [1.54, 1.807) is 0 Å². The highest BCUT2D eigenvalue weighted by Gasteiger charge is 2.39. The Balaban J connectivity index is 1.13. The smallest absolute Gasteiger partial charge is 0.328 e. The Kier molecular flexibility index (Phi) is 8.32.